The predicted molar refractivity (Wildman–Crippen MR) is 141 cm³/mol. The molecule has 1 aromatic carbocycles. The summed E-state index contributed by atoms with van der Waals surface area (Å²) in [6.45, 7) is 7.68. The molecule has 3 N–H and O–H groups in total. The Morgan fingerprint density at radius 2 is 1.94 bits per heavy atom. The smallest absolute Gasteiger partial charge is 0.229 e. The number of aromatic amines is 1. The van der Waals surface area contributed by atoms with Gasteiger partial charge in [-0.15, -0.1) is 0 Å². The molecule has 0 amide bonds. The summed E-state index contributed by atoms with van der Waals surface area (Å²) >= 11 is 6.22. The molecule has 0 unspecified atom stereocenters. The van der Waals surface area contributed by atoms with Crippen LogP contribution in [0.15, 0.2) is 24.4 Å². The van der Waals surface area contributed by atoms with Crippen LogP contribution in [-0.2, 0) is 9.84 Å². The van der Waals surface area contributed by atoms with E-state index in [4.69, 9.17) is 11.6 Å². The van der Waals surface area contributed by atoms with Crippen molar-refractivity contribution in [3.05, 3.63) is 52.1 Å². The number of hydrogen-bond acceptors (Lipinski definition) is 8. The number of aromatic nitrogens is 4. The minimum atomic E-state index is -2.97. The second-order valence-electron chi connectivity index (χ2n) is 9.12. The predicted octanol–water partition coefficient (Wildman–Crippen LogP) is 4.71. The molecule has 1 fully saturated rings. The van der Waals surface area contributed by atoms with E-state index in [1.807, 2.05) is 19.9 Å². The maximum atomic E-state index is 15.1. The number of hydrogen-bond donors (Lipinski definition) is 3. The zero-order valence-corrected chi connectivity index (χ0v) is 22.2. The van der Waals surface area contributed by atoms with Crippen LogP contribution in [-0.4, -0.2) is 64.6 Å². The Bertz CT molecular complexity index is 1320. The molecule has 1 saturated heterocycles. The minimum Gasteiger partial charge on any atom is -0.322 e. The number of nitrogens with one attached hydrogen (secondary N) is 3. The van der Waals surface area contributed by atoms with E-state index in [9.17, 15) is 8.42 Å². The van der Waals surface area contributed by atoms with Crippen molar-refractivity contribution < 1.29 is 12.8 Å². The first-order valence-electron chi connectivity index (χ1n) is 11.9. The average Bonchev–Trinajstić information content (AvgIpc) is 3.27. The van der Waals surface area contributed by atoms with Gasteiger partial charge in [-0.25, -0.2) is 17.8 Å². The van der Waals surface area contributed by atoms with E-state index in [1.165, 1.54) is 6.20 Å². The van der Waals surface area contributed by atoms with Crippen molar-refractivity contribution in [1.82, 2.24) is 25.1 Å². The van der Waals surface area contributed by atoms with Crippen LogP contribution in [0.25, 0.3) is 0 Å². The first-order chi connectivity index (χ1) is 17.1. The van der Waals surface area contributed by atoms with Gasteiger partial charge in [0.1, 0.15) is 10.8 Å². The van der Waals surface area contributed by atoms with Crippen molar-refractivity contribution in [2.45, 2.75) is 39.5 Å². The summed E-state index contributed by atoms with van der Waals surface area (Å²) in [6, 6.07) is 5.17. The fourth-order valence-corrected chi connectivity index (χ4v) is 5.31. The number of likely N-dealkylation sites (tertiary alicyclic amines) is 1. The topological polar surface area (TPSA) is 116 Å². The fraction of sp³-hybridized carbons (Fsp3) is 0.458. The molecule has 3 heterocycles. The molecule has 3 aromatic rings. The van der Waals surface area contributed by atoms with Gasteiger partial charge in [-0.3, -0.25) is 5.10 Å². The zero-order chi connectivity index (χ0) is 25.9. The Morgan fingerprint density at radius 1 is 1.19 bits per heavy atom. The molecule has 9 nitrogen and oxygen atoms in total. The lowest BCUT2D eigenvalue weighted by atomic mass is 9.86. The lowest BCUT2D eigenvalue weighted by molar-refractivity contribution is 0.223. The van der Waals surface area contributed by atoms with Gasteiger partial charge in [0.2, 0.25) is 5.95 Å². The van der Waals surface area contributed by atoms with Crippen LogP contribution in [0.5, 0.6) is 0 Å². The number of H-pyrrole nitrogens is 1. The van der Waals surface area contributed by atoms with Crippen molar-refractivity contribution in [2.75, 3.05) is 41.8 Å². The zero-order valence-electron chi connectivity index (χ0n) is 20.6. The maximum Gasteiger partial charge on any atom is 0.229 e. The van der Waals surface area contributed by atoms with Crippen LogP contribution in [0.4, 0.5) is 27.7 Å². The summed E-state index contributed by atoms with van der Waals surface area (Å²) in [5.41, 5.74) is 3.12. The molecule has 0 radical (unpaired) electrons. The third-order valence-electron chi connectivity index (χ3n) is 6.48. The quantitative estimate of drug-likeness (QED) is 0.361. The Morgan fingerprint density at radius 3 is 2.61 bits per heavy atom. The molecule has 36 heavy (non-hydrogen) atoms. The molecule has 2 aromatic heterocycles. The van der Waals surface area contributed by atoms with Crippen LogP contribution in [0.1, 0.15) is 42.5 Å². The van der Waals surface area contributed by atoms with Gasteiger partial charge >= 0.3 is 0 Å². The van der Waals surface area contributed by atoms with Crippen LogP contribution in [0, 0.1) is 19.7 Å². The highest BCUT2D eigenvalue weighted by molar-refractivity contribution is 7.91. The van der Waals surface area contributed by atoms with Gasteiger partial charge in [0.15, 0.2) is 21.5 Å². The van der Waals surface area contributed by atoms with Crippen LogP contribution in [0.2, 0.25) is 5.02 Å². The highest BCUT2D eigenvalue weighted by atomic mass is 35.5. The van der Waals surface area contributed by atoms with Gasteiger partial charge in [0, 0.05) is 24.1 Å². The van der Waals surface area contributed by atoms with E-state index in [0.29, 0.717) is 23.2 Å². The summed E-state index contributed by atoms with van der Waals surface area (Å²) in [5, 5.41) is 13.2. The SMILES string of the molecule is CCS(=O)(=O)CCN1CCC(c2cc(F)c(Nc3ncc(Cl)c(Nc4cc(C)[nH]n4)n3)cc2C)CC1. The second-order valence-corrected chi connectivity index (χ2v) is 12.0. The first kappa shape index (κ1) is 26.3. The highest BCUT2D eigenvalue weighted by Crippen LogP contribution is 2.34. The van der Waals surface area contributed by atoms with Gasteiger partial charge in [0.05, 0.1) is 17.6 Å². The first-order valence-corrected chi connectivity index (χ1v) is 14.1. The van der Waals surface area contributed by atoms with E-state index < -0.39 is 9.84 Å². The third kappa shape index (κ3) is 6.51. The van der Waals surface area contributed by atoms with Crippen molar-refractivity contribution in [2.24, 2.45) is 0 Å². The van der Waals surface area contributed by atoms with Gasteiger partial charge in [0.25, 0.3) is 0 Å². The van der Waals surface area contributed by atoms with Crippen LogP contribution in [0.3, 0.4) is 0 Å². The normalized spacial score (nSPS) is 15.2. The number of halogens is 2. The van der Waals surface area contributed by atoms with Crippen molar-refractivity contribution in [3.8, 4) is 0 Å². The maximum absolute atomic E-state index is 15.1. The van der Waals surface area contributed by atoms with Gasteiger partial charge in [-0.2, -0.15) is 10.1 Å². The van der Waals surface area contributed by atoms with Gasteiger partial charge in [-0.05, 0) is 69.0 Å². The third-order valence-corrected chi connectivity index (χ3v) is 8.45. The van der Waals surface area contributed by atoms with E-state index in [0.717, 1.165) is 42.8 Å². The van der Waals surface area contributed by atoms with Crippen molar-refractivity contribution in [3.63, 3.8) is 0 Å². The largest absolute Gasteiger partial charge is 0.322 e. The van der Waals surface area contributed by atoms with Gasteiger partial charge in [-0.1, -0.05) is 18.5 Å². The van der Waals surface area contributed by atoms with E-state index in [1.54, 1.807) is 19.1 Å². The molecule has 4 rings (SSSR count). The lowest BCUT2D eigenvalue weighted by Crippen LogP contribution is -2.36. The molecule has 1 aliphatic rings. The highest BCUT2D eigenvalue weighted by Gasteiger charge is 2.24. The molecule has 0 aliphatic carbocycles. The summed E-state index contributed by atoms with van der Waals surface area (Å²) in [6.07, 6.45) is 3.17. The summed E-state index contributed by atoms with van der Waals surface area (Å²) in [4.78, 5) is 10.7. The summed E-state index contributed by atoms with van der Waals surface area (Å²) < 4.78 is 38.7. The number of benzene rings is 1. The monoisotopic (exact) mass is 535 g/mol. The number of sulfone groups is 1. The van der Waals surface area contributed by atoms with Crippen LogP contribution < -0.4 is 10.6 Å². The number of rotatable bonds is 9. The minimum absolute atomic E-state index is 0.172. The van der Waals surface area contributed by atoms with E-state index >= 15 is 4.39 Å². The molecule has 0 spiro atoms. The molecule has 1 aliphatic heterocycles. The number of nitrogens with zero attached hydrogens (tertiary/aromatic N) is 4. The molecule has 0 saturated carbocycles. The Labute approximate surface area is 215 Å². The Balaban J connectivity index is 1.42. The molecule has 194 valence electrons. The van der Waals surface area contributed by atoms with E-state index in [2.05, 4.69) is 35.7 Å². The van der Waals surface area contributed by atoms with Crippen molar-refractivity contribution in [1.29, 1.82) is 0 Å². The number of piperidine rings is 1. The molecule has 0 bridgehead atoms. The van der Waals surface area contributed by atoms with Crippen LogP contribution >= 0.6 is 11.6 Å². The number of anilines is 4. The lowest BCUT2D eigenvalue weighted by Gasteiger charge is -2.32. The molecular weight excluding hydrogens is 505 g/mol. The van der Waals surface area contributed by atoms with E-state index in [-0.39, 0.29) is 34.9 Å². The summed E-state index contributed by atoms with van der Waals surface area (Å²) in [7, 11) is -2.97. The fourth-order valence-electron chi connectivity index (χ4n) is 4.35. The molecular formula is C24H31ClFN7O2S. The van der Waals surface area contributed by atoms with Crippen molar-refractivity contribution >= 4 is 44.7 Å². The average molecular weight is 536 g/mol. The second kappa shape index (κ2) is 11.1. The molecule has 0 atom stereocenters. The molecule has 12 heteroatoms. The number of aryl methyl sites for hydroxylation is 2. The Kier molecular flexibility index (Phi) is 8.11. The summed E-state index contributed by atoms with van der Waals surface area (Å²) in [5.74, 6) is 1.32. The Hall–Kier alpha value is -2.76. The standard InChI is InChI=1S/C24H31ClFN7O2S/c1-4-36(34,35)10-9-33-7-5-17(6-8-33)18-13-20(26)21(11-15(18)2)28-24-27-14-19(25)23(30-24)29-22-12-16(3)31-32-22/h11-14,17H,4-10H2,1-3H3,(H3,27,28,29,30,31,32). The van der Waals surface area contributed by atoms with Gasteiger partial charge < -0.3 is 15.5 Å².